The minimum absolute atomic E-state index is 0.0209. The third-order valence-electron chi connectivity index (χ3n) is 12.8. The summed E-state index contributed by atoms with van der Waals surface area (Å²) in [7, 11) is 0. The molecule has 0 fully saturated rings. The van der Waals surface area contributed by atoms with Gasteiger partial charge in [0.2, 0.25) is 0 Å². The zero-order chi connectivity index (χ0) is 33.5. The molecule has 3 aliphatic carbocycles. The first-order valence-corrected chi connectivity index (χ1v) is 18.4. The molecule has 0 saturated heterocycles. The molecule has 2 aliphatic heterocycles. The van der Waals surface area contributed by atoms with E-state index in [0.29, 0.717) is 5.92 Å². The van der Waals surface area contributed by atoms with E-state index in [1.54, 1.807) is 0 Å². The standard InChI is InChI=1S/C48H42N2/c1-3-47(2)40-25-15-13-23-36(40)37-28-27-35(29-41(37)47)50-44-26-16-14-24-38(44)39-30-43-42(31-45(39)50)48(33-19-9-5-10-20-33,34-21-11-6-12-22-34)46(49-43)32-17-7-4-8-18-32/h4-24,26-31,38,40,44,46,49H,3,25H2,1-2H3. The van der Waals surface area contributed by atoms with Crippen LogP contribution in [-0.4, -0.2) is 6.04 Å². The van der Waals surface area contributed by atoms with Crippen LogP contribution in [0.1, 0.15) is 77.6 Å². The van der Waals surface area contributed by atoms with Gasteiger partial charge in [-0.1, -0.05) is 153 Å². The van der Waals surface area contributed by atoms with Crippen molar-refractivity contribution in [2.24, 2.45) is 5.92 Å². The third kappa shape index (κ3) is 3.96. The number of hydrogen-bond acceptors (Lipinski definition) is 2. The summed E-state index contributed by atoms with van der Waals surface area (Å²) in [5.41, 5.74) is 14.6. The van der Waals surface area contributed by atoms with Crippen LogP contribution in [0.15, 0.2) is 164 Å². The fraction of sp³-hybridized carbons (Fsp3) is 0.208. The zero-order valence-electron chi connectivity index (χ0n) is 28.8. The molecule has 50 heavy (non-hydrogen) atoms. The van der Waals surface area contributed by atoms with Crippen LogP contribution in [-0.2, 0) is 10.8 Å². The van der Waals surface area contributed by atoms with Crippen LogP contribution in [0.25, 0.3) is 5.57 Å². The van der Waals surface area contributed by atoms with Crippen LogP contribution >= 0.6 is 0 Å². The van der Waals surface area contributed by atoms with Crippen LogP contribution in [0, 0.1) is 5.92 Å². The van der Waals surface area contributed by atoms with Crippen molar-refractivity contribution in [3.63, 3.8) is 0 Å². The van der Waals surface area contributed by atoms with Crippen molar-refractivity contribution in [2.45, 2.75) is 55.5 Å². The Morgan fingerprint density at radius 2 is 1.44 bits per heavy atom. The van der Waals surface area contributed by atoms with Crippen molar-refractivity contribution in [1.82, 2.24) is 0 Å². The van der Waals surface area contributed by atoms with Crippen LogP contribution in [0.2, 0.25) is 0 Å². The quantitative estimate of drug-likeness (QED) is 0.204. The Labute approximate surface area is 296 Å². The third-order valence-corrected chi connectivity index (χ3v) is 12.8. The molecule has 5 aliphatic rings. The maximum absolute atomic E-state index is 4.13. The highest BCUT2D eigenvalue weighted by molar-refractivity contribution is 5.86. The van der Waals surface area contributed by atoms with Crippen molar-refractivity contribution in [2.75, 3.05) is 10.2 Å². The molecule has 0 spiro atoms. The van der Waals surface area contributed by atoms with E-state index < -0.39 is 5.41 Å². The second kappa shape index (κ2) is 11.1. The van der Waals surface area contributed by atoms with E-state index in [9.17, 15) is 0 Å². The number of benzene rings is 5. The average Bonchev–Trinajstić information content (AvgIpc) is 3.79. The fourth-order valence-electron chi connectivity index (χ4n) is 10.3. The molecule has 0 radical (unpaired) electrons. The largest absolute Gasteiger partial charge is 0.376 e. The summed E-state index contributed by atoms with van der Waals surface area (Å²) in [6.07, 6.45) is 18.5. The second-order valence-electron chi connectivity index (χ2n) is 15.0. The zero-order valence-corrected chi connectivity index (χ0v) is 28.8. The number of anilines is 3. The lowest BCUT2D eigenvalue weighted by Gasteiger charge is -2.38. The van der Waals surface area contributed by atoms with E-state index in [0.717, 1.165) is 12.8 Å². The van der Waals surface area contributed by atoms with Gasteiger partial charge in [0, 0.05) is 28.4 Å². The van der Waals surface area contributed by atoms with Crippen molar-refractivity contribution >= 4 is 22.6 Å². The topological polar surface area (TPSA) is 15.3 Å². The van der Waals surface area contributed by atoms with Crippen LogP contribution in [0.4, 0.5) is 17.1 Å². The van der Waals surface area contributed by atoms with Gasteiger partial charge in [-0.25, -0.2) is 0 Å². The molecule has 5 unspecified atom stereocenters. The molecular weight excluding hydrogens is 605 g/mol. The molecule has 2 nitrogen and oxygen atoms in total. The SMILES string of the molecule is CCC1(C)c2cc(N3c4cc5c(cc4C4C=CC=CC43)NC(c3ccccc3)C5(c3ccccc3)c3ccccc3)ccc2C2=CC=CCC21. The van der Waals surface area contributed by atoms with Gasteiger partial charge in [0.15, 0.2) is 0 Å². The summed E-state index contributed by atoms with van der Waals surface area (Å²) in [6, 6.07) is 46.1. The van der Waals surface area contributed by atoms with E-state index in [1.807, 2.05) is 0 Å². The Morgan fingerprint density at radius 1 is 0.740 bits per heavy atom. The van der Waals surface area contributed by atoms with Crippen molar-refractivity contribution in [3.8, 4) is 0 Å². The Morgan fingerprint density at radius 3 is 2.16 bits per heavy atom. The van der Waals surface area contributed by atoms with Crippen molar-refractivity contribution < 1.29 is 0 Å². The number of hydrogen-bond donors (Lipinski definition) is 1. The summed E-state index contributed by atoms with van der Waals surface area (Å²) < 4.78 is 0. The maximum atomic E-state index is 4.13. The predicted octanol–water partition coefficient (Wildman–Crippen LogP) is 11.6. The Hall–Kier alpha value is -5.34. The van der Waals surface area contributed by atoms with Gasteiger partial charge in [0.05, 0.1) is 17.5 Å². The first-order valence-electron chi connectivity index (χ1n) is 18.4. The molecule has 1 N–H and O–H groups in total. The van der Waals surface area contributed by atoms with Gasteiger partial charge in [-0.05, 0) is 87.5 Å². The highest BCUT2D eigenvalue weighted by Gasteiger charge is 2.52. The van der Waals surface area contributed by atoms with Gasteiger partial charge in [-0.15, -0.1) is 0 Å². The number of nitrogens with zero attached hydrogens (tertiary/aromatic N) is 1. The average molecular weight is 647 g/mol. The van der Waals surface area contributed by atoms with Crippen LogP contribution in [0.3, 0.4) is 0 Å². The van der Waals surface area contributed by atoms with Crippen LogP contribution < -0.4 is 10.2 Å². The first kappa shape index (κ1) is 29.6. The Bertz CT molecular complexity index is 2200. The monoisotopic (exact) mass is 646 g/mol. The molecule has 10 rings (SSSR count). The molecule has 5 atom stereocenters. The smallest absolute Gasteiger partial charge is 0.0715 e. The summed E-state index contributed by atoms with van der Waals surface area (Å²) in [5, 5.41) is 4.13. The lowest BCUT2D eigenvalue weighted by atomic mass is 9.65. The van der Waals surface area contributed by atoms with Gasteiger partial charge in [-0.2, -0.15) is 0 Å². The Kier molecular flexibility index (Phi) is 6.56. The summed E-state index contributed by atoms with van der Waals surface area (Å²) >= 11 is 0. The first-order chi connectivity index (χ1) is 24.6. The molecule has 0 bridgehead atoms. The summed E-state index contributed by atoms with van der Waals surface area (Å²) in [4.78, 5) is 2.65. The van der Waals surface area contributed by atoms with Gasteiger partial charge in [0.1, 0.15) is 0 Å². The molecule has 0 amide bonds. The lowest BCUT2D eigenvalue weighted by molar-refractivity contribution is 0.364. The van der Waals surface area contributed by atoms with E-state index in [2.05, 4.69) is 188 Å². The van der Waals surface area contributed by atoms with E-state index in [1.165, 1.54) is 61.6 Å². The predicted molar refractivity (Wildman–Crippen MR) is 208 cm³/mol. The minimum Gasteiger partial charge on any atom is -0.376 e. The Balaban J connectivity index is 1.22. The fourth-order valence-corrected chi connectivity index (χ4v) is 10.3. The molecule has 0 aromatic heterocycles. The highest BCUT2D eigenvalue weighted by Crippen LogP contribution is 2.61. The van der Waals surface area contributed by atoms with E-state index in [-0.39, 0.29) is 23.4 Å². The molecule has 0 saturated carbocycles. The number of nitrogens with one attached hydrogen (secondary N) is 1. The molecule has 5 aromatic rings. The van der Waals surface area contributed by atoms with Crippen molar-refractivity contribution in [3.05, 3.63) is 203 Å². The van der Waals surface area contributed by atoms with Gasteiger partial charge in [0.25, 0.3) is 0 Å². The van der Waals surface area contributed by atoms with E-state index >= 15 is 0 Å². The van der Waals surface area contributed by atoms with Gasteiger partial charge < -0.3 is 10.2 Å². The number of allylic oxidation sites excluding steroid dienone is 6. The summed E-state index contributed by atoms with van der Waals surface area (Å²) in [6.45, 7) is 4.88. The molecule has 244 valence electrons. The number of rotatable bonds is 5. The van der Waals surface area contributed by atoms with Gasteiger partial charge >= 0.3 is 0 Å². The van der Waals surface area contributed by atoms with Crippen molar-refractivity contribution in [1.29, 1.82) is 0 Å². The van der Waals surface area contributed by atoms with Gasteiger partial charge in [-0.3, -0.25) is 0 Å². The second-order valence-corrected chi connectivity index (χ2v) is 15.0. The van der Waals surface area contributed by atoms with Crippen LogP contribution in [0.5, 0.6) is 0 Å². The molecular formula is C48H42N2. The minimum atomic E-state index is -0.437. The molecule has 5 aromatic carbocycles. The van der Waals surface area contributed by atoms with E-state index in [4.69, 9.17) is 0 Å². The molecule has 2 heterocycles. The number of fused-ring (bicyclic) bond motifs is 7. The maximum Gasteiger partial charge on any atom is 0.0715 e. The molecule has 2 heteroatoms. The lowest BCUT2D eigenvalue weighted by Crippen LogP contribution is -2.35. The summed E-state index contributed by atoms with van der Waals surface area (Å²) in [5.74, 6) is 0.821. The highest BCUT2D eigenvalue weighted by atomic mass is 15.2. The normalized spacial score (nSPS) is 26.0.